The molecule has 0 spiro atoms. The largest absolute Gasteiger partial charge is 0.497 e. The van der Waals surface area contributed by atoms with Crippen LogP contribution in [0, 0.1) is 23.4 Å². The molecule has 1 aliphatic heterocycles. The molecule has 0 bridgehead atoms. The highest BCUT2D eigenvalue weighted by Gasteiger charge is 2.45. The number of rotatable bonds is 7. The van der Waals surface area contributed by atoms with Gasteiger partial charge in [-0.1, -0.05) is 0 Å². The van der Waals surface area contributed by atoms with Crippen molar-refractivity contribution in [1.29, 1.82) is 0 Å². The molecule has 1 aliphatic carbocycles. The molecule has 1 saturated carbocycles. The minimum Gasteiger partial charge on any atom is -0.497 e. The van der Waals surface area contributed by atoms with E-state index in [0.29, 0.717) is 17.5 Å². The number of pyridine rings is 2. The summed E-state index contributed by atoms with van der Waals surface area (Å²) in [7, 11) is 1.25. The molecule has 3 heterocycles. The van der Waals surface area contributed by atoms with Gasteiger partial charge in [-0.2, -0.15) is 0 Å². The maximum Gasteiger partial charge on any atom is 0.185 e. The lowest BCUT2D eigenvalue weighted by Gasteiger charge is -2.39. The zero-order chi connectivity index (χ0) is 26.3. The smallest absolute Gasteiger partial charge is 0.185 e. The Labute approximate surface area is 211 Å². The highest BCUT2D eigenvalue weighted by molar-refractivity contribution is 5.96. The number of carbonyl (C=O) groups excluding carboxylic acids is 1. The van der Waals surface area contributed by atoms with Gasteiger partial charge in [-0.3, -0.25) is 9.78 Å². The Hall–Kier alpha value is -3.34. The van der Waals surface area contributed by atoms with Crippen molar-refractivity contribution < 1.29 is 32.5 Å². The number of hydrogen-bond acceptors (Lipinski definition) is 7. The van der Waals surface area contributed by atoms with Gasteiger partial charge in [0.05, 0.1) is 31.0 Å². The van der Waals surface area contributed by atoms with E-state index in [1.807, 2.05) is 0 Å². The first-order chi connectivity index (χ1) is 17.8. The summed E-state index contributed by atoms with van der Waals surface area (Å²) in [6.07, 6.45) is 3.70. The first-order valence-corrected chi connectivity index (χ1v) is 12.0. The van der Waals surface area contributed by atoms with Crippen LogP contribution in [0.1, 0.15) is 47.0 Å². The van der Waals surface area contributed by atoms with Crippen molar-refractivity contribution in [2.45, 2.75) is 50.0 Å². The van der Waals surface area contributed by atoms with E-state index in [2.05, 4.69) is 9.97 Å². The lowest BCUT2D eigenvalue weighted by atomic mass is 9.88. The zero-order valence-corrected chi connectivity index (χ0v) is 20.0. The van der Waals surface area contributed by atoms with Crippen molar-refractivity contribution in [1.82, 2.24) is 9.97 Å². The average Bonchev–Trinajstić information content (AvgIpc) is 3.72. The number of aromatic nitrogens is 2. The molecule has 0 radical (unpaired) electrons. The number of aliphatic hydroxyl groups is 1. The van der Waals surface area contributed by atoms with E-state index in [-0.39, 0.29) is 29.9 Å². The van der Waals surface area contributed by atoms with Crippen LogP contribution in [0.2, 0.25) is 0 Å². The van der Waals surface area contributed by atoms with Crippen molar-refractivity contribution in [2.75, 3.05) is 7.11 Å². The van der Waals surface area contributed by atoms with Gasteiger partial charge in [-0.05, 0) is 54.5 Å². The second-order valence-electron chi connectivity index (χ2n) is 9.48. The molecule has 0 amide bonds. The fraction of sp³-hybridized carbons (Fsp3) is 0.370. The van der Waals surface area contributed by atoms with E-state index in [9.17, 15) is 23.1 Å². The standard InChI is InChI=1S/C27H26F3N3O4/c1-36-15-9-18(29)24(19(30)10-15)25-17(28)4-5-21(33-25)22(34)8-14-12-32-7-6-16(14)23-11-20(31)26(35)27(37-23)13-2-3-13/h4-7,9-10,12-13,20,23,26-27,35H,2-3,8,11,31H2,1H3/t20-,23-,26+,27-/m1/s1. The van der Waals surface area contributed by atoms with Crippen molar-refractivity contribution in [3.05, 3.63) is 77.0 Å². The molecule has 0 unspecified atom stereocenters. The topological polar surface area (TPSA) is 108 Å². The summed E-state index contributed by atoms with van der Waals surface area (Å²) in [5.74, 6) is -3.42. The van der Waals surface area contributed by atoms with Crippen LogP contribution < -0.4 is 10.5 Å². The molecular weight excluding hydrogens is 487 g/mol. The van der Waals surface area contributed by atoms with E-state index in [1.54, 1.807) is 12.3 Å². The molecular formula is C27H26F3N3O4. The van der Waals surface area contributed by atoms with Gasteiger partial charge in [0.2, 0.25) is 0 Å². The Morgan fingerprint density at radius 3 is 2.57 bits per heavy atom. The quantitative estimate of drug-likeness (QED) is 0.461. The summed E-state index contributed by atoms with van der Waals surface area (Å²) in [6, 6.07) is 5.22. The second-order valence-corrected chi connectivity index (χ2v) is 9.48. The molecule has 37 heavy (non-hydrogen) atoms. The molecule has 3 aromatic rings. The van der Waals surface area contributed by atoms with Crippen molar-refractivity contribution in [3.8, 4) is 17.0 Å². The third kappa shape index (κ3) is 5.09. The Kier molecular flexibility index (Phi) is 6.98. The van der Waals surface area contributed by atoms with Crippen LogP contribution >= 0.6 is 0 Å². The third-order valence-corrected chi connectivity index (χ3v) is 6.93. The van der Waals surface area contributed by atoms with Gasteiger partial charge in [0, 0.05) is 37.0 Å². The molecule has 10 heteroatoms. The highest BCUT2D eigenvalue weighted by atomic mass is 19.1. The van der Waals surface area contributed by atoms with Gasteiger partial charge in [-0.25, -0.2) is 18.2 Å². The lowest BCUT2D eigenvalue weighted by Crippen LogP contribution is -2.50. The van der Waals surface area contributed by atoms with Gasteiger partial charge < -0.3 is 20.3 Å². The highest BCUT2D eigenvalue weighted by Crippen LogP contribution is 2.43. The first-order valence-electron chi connectivity index (χ1n) is 12.0. The van der Waals surface area contributed by atoms with Crippen LogP contribution in [0.25, 0.3) is 11.3 Å². The van der Waals surface area contributed by atoms with Crippen molar-refractivity contribution in [2.24, 2.45) is 11.7 Å². The number of Topliss-reactive ketones (excluding diaryl/α,β-unsaturated/α-hetero) is 1. The van der Waals surface area contributed by atoms with Gasteiger partial charge in [0.25, 0.3) is 0 Å². The van der Waals surface area contributed by atoms with Crippen LogP contribution in [0.15, 0.2) is 42.7 Å². The molecule has 2 fully saturated rings. The maximum atomic E-state index is 14.6. The maximum absolute atomic E-state index is 14.6. The van der Waals surface area contributed by atoms with Crippen LogP contribution in [0.5, 0.6) is 5.75 Å². The summed E-state index contributed by atoms with van der Waals surface area (Å²) in [6.45, 7) is 0. The summed E-state index contributed by atoms with van der Waals surface area (Å²) >= 11 is 0. The van der Waals surface area contributed by atoms with Crippen LogP contribution in [0.4, 0.5) is 13.2 Å². The van der Waals surface area contributed by atoms with E-state index < -0.39 is 52.7 Å². The molecule has 7 nitrogen and oxygen atoms in total. The van der Waals surface area contributed by atoms with Crippen molar-refractivity contribution in [3.63, 3.8) is 0 Å². The Morgan fingerprint density at radius 1 is 1.16 bits per heavy atom. The van der Waals surface area contributed by atoms with Crippen LogP contribution in [-0.4, -0.2) is 46.2 Å². The molecule has 4 atom stereocenters. The fourth-order valence-electron chi connectivity index (χ4n) is 4.80. The number of ether oxygens (including phenoxy) is 2. The van der Waals surface area contributed by atoms with E-state index in [4.69, 9.17) is 15.2 Å². The SMILES string of the molecule is COc1cc(F)c(-c2nc(C(=O)Cc3cnccc3[C@H]3C[C@@H](N)[C@H](O)[C@@H](C4CC4)O3)ccc2F)c(F)c1. The number of methoxy groups -OCH3 is 1. The van der Waals surface area contributed by atoms with Crippen molar-refractivity contribution >= 4 is 5.78 Å². The number of aliphatic hydroxyl groups excluding tert-OH is 1. The van der Waals surface area contributed by atoms with Crippen LogP contribution in [0.3, 0.4) is 0 Å². The molecule has 194 valence electrons. The van der Waals surface area contributed by atoms with E-state index >= 15 is 0 Å². The van der Waals surface area contributed by atoms with Crippen LogP contribution in [-0.2, 0) is 11.2 Å². The molecule has 2 aliphatic rings. The molecule has 1 aromatic carbocycles. The third-order valence-electron chi connectivity index (χ3n) is 6.93. The van der Waals surface area contributed by atoms with Gasteiger partial charge in [0.1, 0.15) is 34.6 Å². The first kappa shape index (κ1) is 25.3. The second kappa shape index (κ2) is 10.2. The summed E-state index contributed by atoms with van der Waals surface area (Å²) in [5.41, 5.74) is 6.02. The summed E-state index contributed by atoms with van der Waals surface area (Å²) < 4.78 is 54.8. The van der Waals surface area contributed by atoms with E-state index in [1.165, 1.54) is 19.4 Å². The zero-order valence-electron chi connectivity index (χ0n) is 20.0. The Morgan fingerprint density at radius 2 is 1.89 bits per heavy atom. The molecule has 2 aromatic heterocycles. The molecule has 5 rings (SSSR count). The Balaban J connectivity index is 1.42. The average molecular weight is 514 g/mol. The predicted molar refractivity (Wildman–Crippen MR) is 127 cm³/mol. The number of hydrogen-bond donors (Lipinski definition) is 2. The molecule has 3 N–H and O–H groups in total. The number of nitrogens with two attached hydrogens (primary N) is 1. The van der Waals surface area contributed by atoms with E-state index in [0.717, 1.165) is 31.0 Å². The number of nitrogens with zero attached hydrogens (tertiary/aromatic N) is 2. The number of benzene rings is 1. The lowest BCUT2D eigenvalue weighted by molar-refractivity contribution is -0.137. The summed E-state index contributed by atoms with van der Waals surface area (Å²) in [5, 5.41) is 10.5. The van der Waals surface area contributed by atoms with Gasteiger partial charge >= 0.3 is 0 Å². The van der Waals surface area contributed by atoms with Gasteiger partial charge in [-0.15, -0.1) is 0 Å². The number of halogens is 3. The summed E-state index contributed by atoms with van der Waals surface area (Å²) in [4.78, 5) is 21.3. The Bertz CT molecular complexity index is 1310. The minimum absolute atomic E-state index is 0.0726. The fourth-order valence-corrected chi connectivity index (χ4v) is 4.80. The number of ketones is 1. The predicted octanol–water partition coefficient (Wildman–Crippen LogP) is 3.92. The normalized spacial score (nSPS) is 23.6. The van der Waals surface area contributed by atoms with Gasteiger partial charge in [0.15, 0.2) is 5.78 Å². The monoisotopic (exact) mass is 513 g/mol. The molecule has 1 saturated heterocycles. The minimum atomic E-state index is -1.07. The number of carbonyl (C=O) groups is 1.